The summed E-state index contributed by atoms with van der Waals surface area (Å²) in [5.74, 6) is 1.32. The number of ether oxygens (including phenoxy) is 2. The van der Waals surface area contributed by atoms with Gasteiger partial charge >= 0.3 is 0 Å². The predicted octanol–water partition coefficient (Wildman–Crippen LogP) is 5.88. The Hall–Kier alpha value is -0.713. The molecule has 0 unspecified atom stereocenters. The van der Waals surface area contributed by atoms with Gasteiger partial charge in [0.15, 0.2) is 6.79 Å². The molecule has 0 atom stereocenters. The fourth-order valence-electron chi connectivity index (χ4n) is 3.35. The smallest absolute Gasteiger partial charge is 0.258 e. The van der Waals surface area contributed by atoms with Crippen LogP contribution in [0, 0.1) is 0 Å². The number of hydrogen-bond donors (Lipinski definition) is 0. The molecule has 0 amide bonds. The molecule has 0 radical (unpaired) electrons. The van der Waals surface area contributed by atoms with Crippen molar-refractivity contribution in [1.29, 1.82) is 0 Å². The number of rotatable bonds is 8. The molecule has 0 N–H and O–H groups in total. The van der Waals surface area contributed by atoms with E-state index in [0.717, 1.165) is 5.75 Å². The van der Waals surface area contributed by atoms with Crippen molar-refractivity contribution in [2.75, 3.05) is 13.9 Å². The molecule has 0 spiro atoms. The SMILES string of the molecule is COCOc1cccc(O[Si](C(C)C)(C(C)C)C(C)C)c1Cl. The van der Waals surface area contributed by atoms with Gasteiger partial charge in [-0.2, -0.15) is 0 Å². The Bertz CT molecular complexity index is 453. The van der Waals surface area contributed by atoms with E-state index in [1.807, 2.05) is 18.2 Å². The van der Waals surface area contributed by atoms with E-state index in [-0.39, 0.29) is 6.79 Å². The Morgan fingerprint density at radius 2 is 1.45 bits per heavy atom. The van der Waals surface area contributed by atoms with E-state index < -0.39 is 8.32 Å². The quantitative estimate of drug-likeness (QED) is 0.435. The van der Waals surface area contributed by atoms with E-state index in [2.05, 4.69) is 41.5 Å². The second kappa shape index (κ2) is 8.23. The Morgan fingerprint density at radius 3 is 1.91 bits per heavy atom. The van der Waals surface area contributed by atoms with E-state index in [0.29, 0.717) is 27.4 Å². The molecule has 0 bridgehead atoms. The maximum absolute atomic E-state index is 6.62. The van der Waals surface area contributed by atoms with Crippen molar-refractivity contribution in [3.05, 3.63) is 23.2 Å². The Balaban J connectivity index is 3.19. The van der Waals surface area contributed by atoms with Crippen LogP contribution in [0.5, 0.6) is 11.5 Å². The first-order valence-electron chi connectivity index (χ1n) is 7.86. The number of benzene rings is 1. The van der Waals surface area contributed by atoms with E-state index >= 15 is 0 Å². The lowest BCUT2D eigenvalue weighted by atomic mass is 10.3. The monoisotopic (exact) mass is 344 g/mol. The van der Waals surface area contributed by atoms with E-state index in [1.165, 1.54) is 0 Å². The lowest BCUT2D eigenvalue weighted by Gasteiger charge is -2.42. The summed E-state index contributed by atoms with van der Waals surface area (Å²) in [6, 6.07) is 5.67. The zero-order valence-electron chi connectivity index (χ0n) is 14.8. The molecule has 1 rings (SSSR count). The van der Waals surface area contributed by atoms with Gasteiger partial charge in [0.05, 0.1) is 0 Å². The lowest BCUT2D eigenvalue weighted by Crippen LogP contribution is -2.50. The van der Waals surface area contributed by atoms with Gasteiger partial charge < -0.3 is 13.9 Å². The average molecular weight is 345 g/mol. The second-order valence-electron chi connectivity index (χ2n) is 6.54. The third-order valence-corrected chi connectivity index (χ3v) is 10.6. The van der Waals surface area contributed by atoms with E-state index in [1.54, 1.807) is 7.11 Å². The van der Waals surface area contributed by atoms with Crippen LogP contribution in [-0.4, -0.2) is 22.2 Å². The highest BCUT2D eigenvalue weighted by Gasteiger charge is 2.47. The molecule has 0 aliphatic rings. The van der Waals surface area contributed by atoms with Gasteiger partial charge in [-0.3, -0.25) is 0 Å². The molecule has 0 saturated heterocycles. The first kappa shape index (κ1) is 19.3. The zero-order chi connectivity index (χ0) is 16.9. The Kier molecular flexibility index (Phi) is 7.23. The topological polar surface area (TPSA) is 27.7 Å². The molecule has 1 aromatic carbocycles. The number of halogens is 1. The van der Waals surface area contributed by atoms with Gasteiger partial charge in [-0.15, -0.1) is 0 Å². The minimum absolute atomic E-state index is 0.171. The van der Waals surface area contributed by atoms with Gasteiger partial charge in [0.25, 0.3) is 8.32 Å². The molecular weight excluding hydrogens is 316 g/mol. The number of hydrogen-bond acceptors (Lipinski definition) is 3. The van der Waals surface area contributed by atoms with Crippen LogP contribution < -0.4 is 9.16 Å². The van der Waals surface area contributed by atoms with Crippen LogP contribution in [-0.2, 0) is 4.74 Å². The summed E-state index contributed by atoms with van der Waals surface area (Å²) in [6.07, 6.45) is 0. The van der Waals surface area contributed by atoms with Crippen LogP contribution >= 0.6 is 11.6 Å². The summed E-state index contributed by atoms with van der Waals surface area (Å²) >= 11 is 6.48. The first-order chi connectivity index (χ1) is 10.3. The van der Waals surface area contributed by atoms with Gasteiger partial charge in [-0.25, -0.2) is 0 Å². The molecule has 0 heterocycles. The maximum Gasteiger partial charge on any atom is 0.258 e. The van der Waals surface area contributed by atoms with Crippen molar-refractivity contribution in [2.45, 2.75) is 58.2 Å². The zero-order valence-corrected chi connectivity index (χ0v) is 16.5. The van der Waals surface area contributed by atoms with Crippen LogP contribution in [0.3, 0.4) is 0 Å². The molecule has 0 fully saturated rings. The predicted molar refractivity (Wildman–Crippen MR) is 95.6 cm³/mol. The molecule has 0 aliphatic heterocycles. The molecule has 0 aromatic heterocycles. The third kappa shape index (κ3) is 3.97. The molecule has 0 saturated carbocycles. The second-order valence-corrected chi connectivity index (χ2v) is 12.3. The maximum atomic E-state index is 6.62. The summed E-state index contributed by atoms with van der Waals surface area (Å²) in [6.45, 7) is 13.7. The summed E-state index contributed by atoms with van der Waals surface area (Å²) in [5.41, 5.74) is 1.48. The van der Waals surface area contributed by atoms with Gasteiger partial charge in [0.1, 0.15) is 16.5 Å². The van der Waals surface area contributed by atoms with Gasteiger partial charge in [-0.05, 0) is 28.8 Å². The fourth-order valence-corrected chi connectivity index (χ4v) is 8.89. The molecular formula is C17H29ClO3Si. The van der Waals surface area contributed by atoms with Crippen LogP contribution in [0.4, 0.5) is 0 Å². The lowest BCUT2D eigenvalue weighted by molar-refractivity contribution is 0.0511. The Morgan fingerprint density at radius 1 is 0.955 bits per heavy atom. The molecule has 22 heavy (non-hydrogen) atoms. The van der Waals surface area contributed by atoms with Gasteiger partial charge in [-0.1, -0.05) is 59.2 Å². The molecule has 126 valence electrons. The molecule has 0 aliphatic carbocycles. The highest BCUT2D eigenvalue weighted by molar-refractivity contribution is 6.78. The van der Waals surface area contributed by atoms with E-state index in [4.69, 9.17) is 25.5 Å². The van der Waals surface area contributed by atoms with Crippen molar-refractivity contribution >= 4 is 19.9 Å². The van der Waals surface area contributed by atoms with Crippen LogP contribution in [0.15, 0.2) is 18.2 Å². The highest BCUT2D eigenvalue weighted by atomic mass is 35.5. The average Bonchev–Trinajstić information content (AvgIpc) is 2.43. The molecule has 1 aromatic rings. The highest BCUT2D eigenvalue weighted by Crippen LogP contribution is 2.45. The van der Waals surface area contributed by atoms with Crippen molar-refractivity contribution in [3.8, 4) is 11.5 Å². The fraction of sp³-hybridized carbons (Fsp3) is 0.647. The van der Waals surface area contributed by atoms with Crippen molar-refractivity contribution < 1.29 is 13.9 Å². The van der Waals surface area contributed by atoms with Crippen molar-refractivity contribution in [2.24, 2.45) is 0 Å². The van der Waals surface area contributed by atoms with Gasteiger partial charge in [0.2, 0.25) is 0 Å². The van der Waals surface area contributed by atoms with Crippen LogP contribution in [0.25, 0.3) is 0 Å². The summed E-state index contributed by atoms with van der Waals surface area (Å²) in [4.78, 5) is 0. The molecule has 3 nitrogen and oxygen atoms in total. The van der Waals surface area contributed by atoms with Crippen molar-refractivity contribution in [3.63, 3.8) is 0 Å². The van der Waals surface area contributed by atoms with Gasteiger partial charge in [0, 0.05) is 7.11 Å². The minimum atomic E-state index is -2.03. The van der Waals surface area contributed by atoms with E-state index in [9.17, 15) is 0 Å². The van der Waals surface area contributed by atoms with Crippen LogP contribution in [0.2, 0.25) is 21.6 Å². The summed E-state index contributed by atoms with van der Waals surface area (Å²) in [5, 5.41) is 0.526. The van der Waals surface area contributed by atoms with Crippen LogP contribution in [0.1, 0.15) is 41.5 Å². The summed E-state index contributed by atoms with van der Waals surface area (Å²) in [7, 11) is -0.439. The normalized spacial score (nSPS) is 12.3. The Labute approximate surface area is 141 Å². The van der Waals surface area contributed by atoms with Crippen molar-refractivity contribution in [1.82, 2.24) is 0 Å². The minimum Gasteiger partial charge on any atom is -0.542 e. The number of methoxy groups -OCH3 is 1. The molecule has 5 heteroatoms. The standard InChI is InChI=1S/C17H29ClO3Si/c1-12(2)22(13(3)4,14(5)6)21-16-10-8-9-15(17(16)18)20-11-19-7/h8-10,12-14H,11H2,1-7H3. The first-order valence-corrected chi connectivity index (χ1v) is 10.4. The summed E-state index contributed by atoms with van der Waals surface area (Å²) < 4.78 is 17.1. The third-order valence-electron chi connectivity index (χ3n) is 4.25. The largest absolute Gasteiger partial charge is 0.542 e.